The molecule has 1 atom stereocenters. The Morgan fingerprint density at radius 3 is 2.07 bits per heavy atom. The first-order chi connectivity index (χ1) is 13.4. The Hall–Kier alpha value is -2.71. The second-order valence-corrected chi connectivity index (χ2v) is 6.47. The van der Waals surface area contributed by atoms with E-state index in [1.165, 1.54) is 33.3 Å². The summed E-state index contributed by atoms with van der Waals surface area (Å²) >= 11 is 11.9. The highest BCUT2D eigenvalue weighted by Gasteiger charge is 2.34. The predicted molar refractivity (Wildman–Crippen MR) is 103 cm³/mol. The molecular formula is C18H17Cl2N3O5. The van der Waals surface area contributed by atoms with Crippen molar-refractivity contribution >= 4 is 35.0 Å². The first kappa shape index (κ1) is 20.0. The lowest BCUT2D eigenvalue weighted by Crippen LogP contribution is -2.25. The van der Waals surface area contributed by atoms with E-state index in [-0.39, 0.29) is 22.1 Å². The third-order valence-electron chi connectivity index (χ3n) is 3.95. The zero-order valence-electron chi connectivity index (χ0n) is 15.5. The van der Waals surface area contributed by atoms with Crippen molar-refractivity contribution in [1.82, 2.24) is 9.99 Å². The summed E-state index contributed by atoms with van der Waals surface area (Å²) in [4.78, 5) is 16.1. The molecule has 1 unspecified atom stereocenters. The van der Waals surface area contributed by atoms with E-state index in [1.807, 2.05) is 0 Å². The molecule has 0 fully saturated rings. The third kappa shape index (κ3) is 3.79. The number of amides is 1. The van der Waals surface area contributed by atoms with Gasteiger partial charge in [-0.3, -0.25) is 4.79 Å². The molecule has 1 aromatic carbocycles. The van der Waals surface area contributed by atoms with Crippen LogP contribution in [0.15, 0.2) is 29.4 Å². The fourth-order valence-electron chi connectivity index (χ4n) is 2.73. The molecule has 0 saturated carbocycles. The number of aromatic nitrogens is 1. The fraction of sp³-hybridized carbons (Fsp3) is 0.278. The number of halogens is 2. The number of ether oxygens (including phenoxy) is 4. The van der Waals surface area contributed by atoms with Crippen LogP contribution in [0.1, 0.15) is 24.3 Å². The Bertz CT molecular complexity index is 906. The van der Waals surface area contributed by atoms with Crippen LogP contribution >= 0.6 is 23.2 Å². The van der Waals surface area contributed by atoms with Crippen LogP contribution in [0.2, 0.25) is 10.3 Å². The minimum atomic E-state index is -0.841. The van der Waals surface area contributed by atoms with Gasteiger partial charge in [0.05, 0.1) is 21.3 Å². The van der Waals surface area contributed by atoms with Crippen LogP contribution in [0.4, 0.5) is 0 Å². The molecule has 2 aromatic rings. The Morgan fingerprint density at radius 1 is 1.04 bits per heavy atom. The normalized spacial score (nSPS) is 15.7. The van der Waals surface area contributed by atoms with Crippen molar-refractivity contribution in [3.63, 3.8) is 0 Å². The van der Waals surface area contributed by atoms with E-state index >= 15 is 0 Å². The summed E-state index contributed by atoms with van der Waals surface area (Å²) in [5.74, 6) is 1.13. The van der Waals surface area contributed by atoms with Gasteiger partial charge in [0, 0.05) is 18.1 Å². The molecule has 0 bridgehead atoms. The molecule has 0 saturated heterocycles. The van der Waals surface area contributed by atoms with E-state index in [2.05, 4.69) is 10.1 Å². The van der Waals surface area contributed by atoms with Crippen LogP contribution < -0.4 is 14.2 Å². The largest absolute Gasteiger partial charge is 0.493 e. The van der Waals surface area contributed by atoms with Crippen molar-refractivity contribution in [2.24, 2.45) is 5.10 Å². The van der Waals surface area contributed by atoms with Gasteiger partial charge in [0.15, 0.2) is 11.5 Å². The van der Waals surface area contributed by atoms with E-state index < -0.39 is 6.23 Å². The lowest BCUT2D eigenvalue weighted by Gasteiger charge is -2.21. The summed E-state index contributed by atoms with van der Waals surface area (Å²) < 4.78 is 22.0. The summed E-state index contributed by atoms with van der Waals surface area (Å²) in [6.07, 6.45) is -0.841. The molecule has 28 heavy (non-hydrogen) atoms. The van der Waals surface area contributed by atoms with Crippen LogP contribution in [0.25, 0.3) is 0 Å². The van der Waals surface area contributed by atoms with Gasteiger partial charge in [-0.15, -0.1) is 5.10 Å². The molecule has 2 heterocycles. The number of carbonyl (C=O) groups is 1. The van der Waals surface area contributed by atoms with Crippen LogP contribution in [0.3, 0.4) is 0 Å². The number of benzene rings is 1. The fourth-order valence-corrected chi connectivity index (χ4v) is 3.19. The summed E-state index contributed by atoms with van der Waals surface area (Å²) in [6.45, 7) is 1.38. The smallest absolute Gasteiger partial charge is 0.243 e. The molecule has 1 aliphatic rings. The zero-order chi connectivity index (χ0) is 20.4. The summed E-state index contributed by atoms with van der Waals surface area (Å²) in [6, 6.07) is 6.46. The minimum Gasteiger partial charge on any atom is -0.493 e. The maximum absolute atomic E-state index is 12.2. The minimum absolute atomic E-state index is 0.180. The van der Waals surface area contributed by atoms with Gasteiger partial charge in [-0.1, -0.05) is 23.2 Å². The van der Waals surface area contributed by atoms with E-state index in [1.54, 1.807) is 24.3 Å². The SMILES string of the molecule is COc1cc(C2OC(c3cc(Cl)nc(Cl)c3)=NN2C(C)=O)cc(OC)c1OC. The van der Waals surface area contributed by atoms with E-state index in [9.17, 15) is 4.79 Å². The molecule has 1 amide bonds. The Labute approximate surface area is 171 Å². The number of carbonyl (C=O) groups excluding carboxylic acids is 1. The van der Waals surface area contributed by atoms with Gasteiger partial charge in [0.1, 0.15) is 10.3 Å². The van der Waals surface area contributed by atoms with Crippen molar-refractivity contribution < 1.29 is 23.7 Å². The monoisotopic (exact) mass is 425 g/mol. The van der Waals surface area contributed by atoms with E-state index in [0.29, 0.717) is 28.4 Å². The quantitative estimate of drug-likeness (QED) is 0.679. The Balaban J connectivity index is 2.04. The predicted octanol–water partition coefficient (Wildman–Crippen LogP) is 3.65. The molecule has 0 radical (unpaired) electrons. The van der Waals surface area contributed by atoms with Crippen molar-refractivity contribution in [2.45, 2.75) is 13.2 Å². The second-order valence-electron chi connectivity index (χ2n) is 5.70. The lowest BCUT2D eigenvalue weighted by molar-refractivity contribution is -0.135. The van der Waals surface area contributed by atoms with Crippen molar-refractivity contribution in [2.75, 3.05) is 21.3 Å². The number of methoxy groups -OCH3 is 3. The van der Waals surface area contributed by atoms with Crippen LogP contribution in [0, 0.1) is 0 Å². The summed E-state index contributed by atoms with van der Waals surface area (Å²) in [5.41, 5.74) is 1.07. The third-order valence-corrected chi connectivity index (χ3v) is 4.34. The van der Waals surface area contributed by atoms with Gasteiger partial charge in [0.2, 0.25) is 23.8 Å². The lowest BCUT2D eigenvalue weighted by atomic mass is 10.1. The maximum Gasteiger partial charge on any atom is 0.243 e. The number of rotatable bonds is 5. The van der Waals surface area contributed by atoms with Crippen LogP contribution in [-0.2, 0) is 9.53 Å². The standard InChI is InChI=1S/C18H17Cl2N3O5/c1-9(24)23-18(11-5-12(25-2)16(27-4)13(6-11)26-3)28-17(22-23)10-7-14(19)21-15(20)8-10/h5-8,18H,1-4H3. The van der Waals surface area contributed by atoms with E-state index in [4.69, 9.17) is 42.1 Å². The van der Waals surface area contributed by atoms with Crippen LogP contribution in [-0.4, -0.2) is 43.1 Å². The highest BCUT2D eigenvalue weighted by molar-refractivity contribution is 6.33. The van der Waals surface area contributed by atoms with Crippen molar-refractivity contribution in [3.8, 4) is 17.2 Å². The summed E-state index contributed by atoms with van der Waals surface area (Å²) in [5, 5.41) is 5.84. The average Bonchev–Trinajstić information content (AvgIpc) is 3.11. The zero-order valence-corrected chi connectivity index (χ0v) is 17.0. The number of pyridine rings is 1. The topological polar surface area (TPSA) is 82.5 Å². The van der Waals surface area contributed by atoms with Crippen LogP contribution in [0.5, 0.6) is 17.2 Å². The maximum atomic E-state index is 12.2. The molecule has 0 spiro atoms. The van der Waals surface area contributed by atoms with Gasteiger partial charge in [0.25, 0.3) is 0 Å². The second kappa shape index (κ2) is 8.12. The van der Waals surface area contributed by atoms with Gasteiger partial charge in [-0.2, -0.15) is 5.01 Å². The molecular weight excluding hydrogens is 409 g/mol. The Kier molecular flexibility index (Phi) is 5.81. The molecule has 0 aliphatic carbocycles. The molecule has 1 aliphatic heterocycles. The number of hydrazone groups is 1. The van der Waals surface area contributed by atoms with Crippen molar-refractivity contribution in [3.05, 3.63) is 45.7 Å². The molecule has 8 nitrogen and oxygen atoms in total. The summed E-state index contributed by atoms with van der Waals surface area (Å²) in [7, 11) is 4.51. The number of hydrogen-bond acceptors (Lipinski definition) is 7. The van der Waals surface area contributed by atoms with E-state index in [0.717, 1.165) is 0 Å². The molecule has 0 N–H and O–H groups in total. The Morgan fingerprint density at radius 2 is 1.61 bits per heavy atom. The number of hydrogen-bond donors (Lipinski definition) is 0. The average molecular weight is 426 g/mol. The highest BCUT2D eigenvalue weighted by Crippen LogP contribution is 2.42. The molecule has 10 heteroatoms. The first-order valence-electron chi connectivity index (χ1n) is 8.06. The first-order valence-corrected chi connectivity index (χ1v) is 8.82. The number of nitrogens with zero attached hydrogens (tertiary/aromatic N) is 3. The molecule has 3 rings (SSSR count). The van der Waals surface area contributed by atoms with Gasteiger partial charge in [-0.05, 0) is 24.3 Å². The van der Waals surface area contributed by atoms with Crippen molar-refractivity contribution in [1.29, 1.82) is 0 Å². The van der Waals surface area contributed by atoms with Gasteiger partial charge >= 0.3 is 0 Å². The van der Waals surface area contributed by atoms with Gasteiger partial charge < -0.3 is 18.9 Å². The highest BCUT2D eigenvalue weighted by atomic mass is 35.5. The van der Waals surface area contributed by atoms with Gasteiger partial charge in [-0.25, -0.2) is 4.98 Å². The molecule has 148 valence electrons. The molecule has 1 aromatic heterocycles.